The Hall–Kier alpha value is -3.85. The molecule has 0 aliphatic carbocycles. The third-order valence-electron chi connectivity index (χ3n) is 4.16. The Labute approximate surface area is 173 Å². The number of hydrogen-bond donors (Lipinski definition) is 3. The predicted octanol–water partition coefficient (Wildman–Crippen LogP) is 3.45. The lowest BCUT2D eigenvalue weighted by atomic mass is 10.1. The molecule has 0 bridgehead atoms. The summed E-state index contributed by atoms with van der Waals surface area (Å²) in [7, 11) is -2.66. The van der Waals surface area contributed by atoms with Crippen LogP contribution in [0.5, 0.6) is 5.75 Å². The summed E-state index contributed by atoms with van der Waals surface area (Å²) in [5.41, 5.74) is 0.392. The summed E-state index contributed by atoms with van der Waals surface area (Å²) >= 11 is 0. The highest BCUT2D eigenvalue weighted by Crippen LogP contribution is 2.26. The van der Waals surface area contributed by atoms with Crippen molar-refractivity contribution < 1.29 is 27.9 Å². The zero-order valence-corrected chi connectivity index (χ0v) is 16.6. The standard InChI is InChI=1S/C21H18N2O6S/c1-29-19-12-5-4-11-18(19)22-20(24)16-9-2-3-10-17(16)23-30(27,28)15-8-6-7-14(13-15)21(25)26/h2-13,23H,1H3,(H,22,24)(H,25,26). The fraction of sp³-hybridized carbons (Fsp3) is 0.0476. The minimum atomic E-state index is -4.13. The van der Waals surface area contributed by atoms with Crippen LogP contribution >= 0.6 is 0 Å². The van der Waals surface area contributed by atoms with Crippen LogP contribution in [0.1, 0.15) is 20.7 Å². The second-order valence-electron chi connectivity index (χ2n) is 6.14. The molecule has 9 heteroatoms. The van der Waals surface area contributed by atoms with Gasteiger partial charge in [-0.15, -0.1) is 0 Å². The summed E-state index contributed by atoms with van der Waals surface area (Å²) in [6.07, 6.45) is 0. The third kappa shape index (κ3) is 4.58. The number of rotatable bonds is 7. The average Bonchev–Trinajstić information content (AvgIpc) is 2.74. The van der Waals surface area contributed by atoms with Crippen molar-refractivity contribution >= 4 is 33.3 Å². The van der Waals surface area contributed by atoms with Gasteiger partial charge >= 0.3 is 5.97 Å². The van der Waals surface area contributed by atoms with Gasteiger partial charge < -0.3 is 15.2 Å². The van der Waals surface area contributed by atoms with Crippen LogP contribution in [0.25, 0.3) is 0 Å². The number of methoxy groups -OCH3 is 1. The lowest BCUT2D eigenvalue weighted by molar-refractivity contribution is 0.0696. The molecule has 154 valence electrons. The summed E-state index contributed by atoms with van der Waals surface area (Å²) in [6, 6.07) is 17.8. The van der Waals surface area contributed by atoms with Crippen LogP contribution in [0.15, 0.2) is 77.7 Å². The van der Waals surface area contributed by atoms with Crippen molar-refractivity contribution in [3.05, 3.63) is 83.9 Å². The number of benzene rings is 3. The number of para-hydroxylation sites is 3. The fourth-order valence-corrected chi connectivity index (χ4v) is 3.83. The Morgan fingerprint density at radius 3 is 2.27 bits per heavy atom. The van der Waals surface area contributed by atoms with Crippen LogP contribution in [0.3, 0.4) is 0 Å². The normalized spacial score (nSPS) is 10.8. The van der Waals surface area contributed by atoms with E-state index < -0.39 is 21.9 Å². The number of carbonyl (C=O) groups excluding carboxylic acids is 1. The average molecular weight is 426 g/mol. The summed E-state index contributed by atoms with van der Waals surface area (Å²) in [5, 5.41) is 11.8. The molecule has 1 amide bonds. The predicted molar refractivity (Wildman–Crippen MR) is 112 cm³/mol. The van der Waals surface area contributed by atoms with Gasteiger partial charge in [-0.1, -0.05) is 30.3 Å². The van der Waals surface area contributed by atoms with Gasteiger partial charge in [0.25, 0.3) is 15.9 Å². The van der Waals surface area contributed by atoms with E-state index in [2.05, 4.69) is 10.0 Å². The molecule has 0 unspecified atom stereocenters. The van der Waals surface area contributed by atoms with E-state index in [0.717, 1.165) is 6.07 Å². The first-order valence-corrected chi connectivity index (χ1v) is 10.2. The minimum Gasteiger partial charge on any atom is -0.495 e. The Kier molecular flexibility index (Phi) is 6.03. The number of ether oxygens (including phenoxy) is 1. The van der Waals surface area contributed by atoms with E-state index in [9.17, 15) is 18.0 Å². The highest BCUT2D eigenvalue weighted by molar-refractivity contribution is 7.92. The maximum Gasteiger partial charge on any atom is 0.335 e. The second-order valence-corrected chi connectivity index (χ2v) is 7.82. The Morgan fingerprint density at radius 1 is 0.900 bits per heavy atom. The van der Waals surface area contributed by atoms with Crippen molar-refractivity contribution in [3.63, 3.8) is 0 Å². The van der Waals surface area contributed by atoms with Gasteiger partial charge in [-0.3, -0.25) is 9.52 Å². The lowest BCUT2D eigenvalue weighted by Crippen LogP contribution is -2.19. The Morgan fingerprint density at radius 2 is 1.57 bits per heavy atom. The van der Waals surface area contributed by atoms with Crippen LogP contribution in [-0.4, -0.2) is 32.5 Å². The number of hydrogen-bond acceptors (Lipinski definition) is 5. The van der Waals surface area contributed by atoms with Gasteiger partial charge in [-0.25, -0.2) is 13.2 Å². The highest BCUT2D eigenvalue weighted by Gasteiger charge is 2.20. The Bertz CT molecular complexity index is 1210. The number of anilines is 2. The van der Waals surface area contributed by atoms with E-state index in [4.69, 9.17) is 9.84 Å². The zero-order chi connectivity index (χ0) is 21.7. The molecule has 3 rings (SSSR count). The van der Waals surface area contributed by atoms with E-state index in [1.165, 1.54) is 37.4 Å². The van der Waals surface area contributed by atoms with Crippen LogP contribution in [0.2, 0.25) is 0 Å². The van der Waals surface area contributed by atoms with Gasteiger partial charge in [0.1, 0.15) is 5.75 Å². The molecule has 30 heavy (non-hydrogen) atoms. The van der Waals surface area contributed by atoms with Crippen molar-refractivity contribution in [2.24, 2.45) is 0 Å². The van der Waals surface area contributed by atoms with Crippen molar-refractivity contribution in [2.75, 3.05) is 17.1 Å². The van der Waals surface area contributed by atoms with E-state index in [0.29, 0.717) is 11.4 Å². The van der Waals surface area contributed by atoms with Crippen LogP contribution in [0.4, 0.5) is 11.4 Å². The number of carboxylic acids is 1. The molecule has 8 nitrogen and oxygen atoms in total. The number of carbonyl (C=O) groups is 2. The first-order chi connectivity index (χ1) is 14.3. The van der Waals surface area contributed by atoms with E-state index >= 15 is 0 Å². The van der Waals surface area contributed by atoms with Crippen LogP contribution in [0, 0.1) is 0 Å². The molecule has 3 N–H and O–H groups in total. The summed E-state index contributed by atoms with van der Waals surface area (Å²) in [4.78, 5) is 23.7. The molecule has 0 heterocycles. The molecule has 0 aliphatic rings. The van der Waals surface area contributed by atoms with Gasteiger partial charge in [0.05, 0.1) is 34.5 Å². The Balaban J connectivity index is 1.91. The number of carboxylic acid groups (broad SMARTS) is 1. The van der Waals surface area contributed by atoms with E-state index in [1.54, 1.807) is 36.4 Å². The summed E-state index contributed by atoms with van der Waals surface area (Å²) < 4.78 is 33.1. The van der Waals surface area contributed by atoms with Crippen LogP contribution < -0.4 is 14.8 Å². The van der Waals surface area contributed by atoms with E-state index in [-0.39, 0.29) is 21.7 Å². The molecule has 3 aromatic carbocycles. The molecule has 0 fully saturated rings. The molecule has 3 aromatic rings. The SMILES string of the molecule is COc1ccccc1NC(=O)c1ccccc1NS(=O)(=O)c1cccc(C(=O)O)c1. The molecule has 0 spiro atoms. The smallest absolute Gasteiger partial charge is 0.335 e. The minimum absolute atomic E-state index is 0.0469. The van der Waals surface area contributed by atoms with Crippen molar-refractivity contribution in [1.82, 2.24) is 0 Å². The summed E-state index contributed by atoms with van der Waals surface area (Å²) in [6.45, 7) is 0. The van der Waals surface area contributed by atoms with Crippen LogP contribution in [-0.2, 0) is 10.0 Å². The van der Waals surface area contributed by atoms with Crippen molar-refractivity contribution in [2.45, 2.75) is 4.90 Å². The monoisotopic (exact) mass is 426 g/mol. The lowest BCUT2D eigenvalue weighted by Gasteiger charge is -2.14. The van der Waals surface area contributed by atoms with Gasteiger partial charge in [-0.2, -0.15) is 0 Å². The first-order valence-electron chi connectivity index (χ1n) is 8.71. The molecule has 0 aromatic heterocycles. The zero-order valence-electron chi connectivity index (χ0n) is 15.8. The highest BCUT2D eigenvalue weighted by atomic mass is 32.2. The number of nitrogens with one attached hydrogen (secondary N) is 2. The van der Waals surface area contributed by atoms with Gasteiger partial charge in [0.2, 0.25) is 0 Å². The molecule has 0 saturated heterocycles. The third-order valence-corrected chi connectivity index (χ3v) is 5.53. The first kappa shape index (κ1) is 20.9. The number of aromatic carboxylic acids is 1. The maximum absolute atomic E-state index is 12.8. The largest absolute Gasteiger partial charge is 0.495 e. The molecule has 0 atom stereocenters. The van der Waals surface area contributed by atoms with Crippen molar-refractivity contribution in [1.29, 1.82) is 0 Å². The molecular formula is C21H18N2O6S. The fourth-order valence-electron chi connectivity index (χ4n) is 2.71. The topological polar surface area (TPSA) is 122 Å². The van der Waals surface area contributed by atoms with Gasteiger partial charge in [0, 0.05) is 0 Å². The molecule has 0 aliphatic heterocycles. The number of sulfonamides is 1. The molecule has 0 radical (unpaired) electrons. The van der Waals surface area contributed by atoms with Crippen molar-refractivity contribution in [3.8, 4) is 5.75 Å². The second kappa shape index (κ2) is 8.66. The van der Waals surface area contributed by atoms with E-state index in [1.807, 2.05) is 0 Å². The van der Waals surface area contributed by atoms with Gasteiger partial charge in [-0.05, 0) is 42.5 Å². The summed E-state index contributed by atoms with van der Waals surface area (Å²) in [5.74, 6) is -1.34. The van der Waals surface area contributed by atoms with Gasteiger partial charge in [0.15, 0.2) is 0 Å². The maximum atomic E-state index is 12.8. The molecule has 0 saturated carbocycles. The molecular weight excluding hydrogens is 408 g/mol. The number of amides is 1. The quantitative estimate of drug-likeness (QED) is 0.532.